The number of anilines is 1. The van der Waals surface area contributed by atoms with Crippen molar-refractivity contribution in [2.75, 3.05) is 39.1 Å². The first-order chi connectivity index (χ1) is 15.8. The molecule has 2 heterocycles. The van der Waals surface area contributed by atoms with E-state index < -0.39 is 10.0 Å². The maximum absolute atomic E-state index is 13.1. The van der Waals surface area contributed by atoms with Gasteiger partial charge in [-0.15, -0.1) is 0 Å². The normalized spacial score (nSPS) is 15.4. The standard InChI is InChI=1S/C25H35N5O2S/c1-5-30-24-14-13-22(33(31,32)29-15-7-6-8-16-29)17-23(24)26-25(30)19-28(4)18-20-9-11-21(12-10-20)27(2)3/h9-14,17H,5-8,15-16,18-19H2,1-4H3. The Morgan fingerprint density at radius 2 is 1.64 bits per heavy atom. The zero-order chi connectivity index (χ0) is 23.6. The van der Waals surface area contributed by atoms with E-state index in [-0.39, 0.29) is 0 Å². The van der Waals surface area contributed by atoms with E-state index in [9.17, 15) is 8.42 Å². The second-order valence-corrected chi connectivity index (χ2v) is 11.1. The van der Waals surface area contributed by atoms with Crippen molar-refractivity contribution in [1.29, 1.82) is 0 Å². The fourth-order valence-corrected chi connectivity index (χ4v) is 6.09. The molecule has 1 fully saturated rings. The van der Waals surface area contributed by atoms with Crippen LogP contribution in [0, 0.1) is 0 Å². The van der Waals surface area contributed by atoms with E-state index in [4.69, 9.17) is 4.98 Å². The number of nitrogens with zero attached hydrogens (tertiary/aromatic N) is 5. The molecule has 0 N–H and O–H groups in total. The van der Waals surface area contributed by atoms with E-state index >= 15 is 0 Å². The molecule has 7 nitrogen and oxygen atoms in total. The zero-order valence-electron chi connectivity index (χ0n) is 20.2. The van der Waals surface area contributed by atoms with Crippen molar-refractivity contribution in [3.05, 3.63) is 53.9 Å². The second kappa shape index (κ2) is 9.83. The number of fused-ring (bicyclic) bond motifs is 1. The number of imidazole rings is 1. The average molecular weight is 470 g/mol. The Bertz CT molecular complexity index is 1200. The highest BCUT2D eigenvalue weighted by molar-refractivity contribution is 7.89. The van der Waals surface area contributed by atoms with Gasteiger partial charge in [-0.25, -0.2) is 13.4 Å². The lowest BCUT2D eigenvalue weighted by Crippen LogP contribution is -2.35. The van der Waals surface area contributed by atoms with Gasteiger partial charge < -0.3 is 9.47 Å². The number of sulfonamides is 1. The average Bonchev–Trinajstić information content (AvgIpc) is 3.15. The quantitative estimate of drug-likeness (QED) is 0.500. The molecule has 1 aromatic heterocycles. The van der Waals surface area contributed by atoms with Gasteiger partial charge in [0, 0.05) is 46.0 Å². The van der Waals surface area contributed by atoms with E-state index in [1.807, 2.05) is 20.2 Å². The largest absolute Gasteiger partial charge is 0.378 e. The molecule has 8 heteroatoms. The number of hydrogen-bond donors (Lipinski definition) is 0. The summed E-state index contributed by atoms with van der Waals surface area (Å²) >= 11 is 0. The molecule has 0 radical (unpaired) electrons. The third-order valence-electron chi connectivity index (χ3n) is 6.38. The van der Waals surface area contributed by atoms with Crippen LogP contribution >= 0.6 is 0 Å². The number of piperidine rings is 1. The molecule has 0 spiro atoms. The van der Waals surface area contributed by atoms with Gasteiger partial charge in [0.05, 0.1) is 22.5 Å². The van der Waals surface area contributed by atoms with Crippen molar-refractivity contribution >= 4 is 26.7 Å². The second-order valence-electron chi connectivity index (χ2n) is 9.12. The monoisotopic (exact) mass is 469 g/mol. The molecule has 4 rings (SSSR count). The Morgan fingerprint density at radius 1 is 0.939 bits per heavy atom. The van der Waals surface area contributed by atoms with Crippen LogP contribution in [0.15, 0.2) is 47.4 Å². The smallest absolute Gasteiger partial charge is 0.243 e. The van der Waals surface area contributed by atoms with Crippen molar-refractivity contribution in [1.82, 2.24) is 18.8 Å². The molecular formula is C25H35N5O2S. The SMILES string of the molecule is CCn1c(CN(C)Cc2ccc(N(C)C)cc2)nc2cc(S(=O)(=O)N3CCCCC3)ccc21. The Labute approximate surface area is 197 Å². The van der Waals surface area contributed by atoms with Crippen molar-refractivity contribution in [3.63, 3.8) is 0 Å². The van der Waals surface area contributed by atoms with Gasteiger partial charge >= 0.3 is 0 Å². The zero-order valence-corrected chi connectivity index (χ0v) is 21.0. The lowest BCUT2D eigenvalue weighted by atomic mass is 10.2. The number of benzene rings is 2. The molecule has 178 valence electrons. The maximum atomic E-state index is 13.1. The molecule has 33 heavy (non-hydrogen) atoms. The van der Waals surface area contributed by atoms with Crippen molar-refractivity contribution in [2.24, 2.45) is 0 Å². The van der Waals surface area contributed by atoms with Crippen LogP contribution < -0.4 is 4.90 Å². The summed E-state index contributed by atoms with van der Waals surface area (Å²) in [7, 11) is 2.70. The molecule has 0 bridgehead atoms. The van der Waals surface area contributed by atoms with E-state index in [0.29, 0.717) is 24.5 Å². The Kier molecular flexibility index (Phi) is 7.07. The minimum Gasteiger partial charge on any atom is -0.378 e. The minimum absolute atomic E-state index is 0.346. The summed E-state index contributed by atoms with van der Waals surface area (Å²) in [4.78, 5) is 9.53. The number of aromatic nitrogens is 2. The van der Waals surface area contributed by atoms with Crippen molar-refractivity contribution < 1.29 is 8.42 Å². The minimum atomic E-state index is -3.47. The molecule has 0 atom stereocenters. The van der Waals surface area contributed by atoms with E-state index in [1.165, 1.54) is 11.3 Å². The van der Waals surface area contributed by atoms with Gasteiger partial charge in [0.25, 0.3) is 0 Å². The summed E-state index contributed by atoms with van der Waals surface area (Å²) in [6, 6.07) is 14.0. The number of rotatable bonds is 8. The van der Waals surface area contributed by atoms with Crippen LogP contribution in [-0.2, 0) is 29.7 Å². The Morgan fingerprint density at radius 3 is 2.27 bits per heavy atom. The topological polar surface area (TPSA) is 61.7 Å². The molecule has 0 aliphatic carbocycles. The summed E-state index contributed by atoms with van der Waals surface area (Å²) < 4.78 is 30.0. The molecule has 0 saturated carbocycles. The third-order valence-corrected chi connectivity index (χ3v) is 8.28. The van der Waals surface area contributed by atoms with Gasteiger partial charge in [-0.1, -0.05) is 18.6 Å². The van der Waals surface area contributed by atoms with Crippen LogP contribution in [0.1, 0.15) is 37.6 Å². The number of aryl methyl sites for hydroxylation is 1. The van der Waals surface area contributed by atoms with Gasteiger partial charge in [0.15, 0.2) is 0 Å². The highest BCUT2D eigenvalue weighted by Crippen LogP contribution is 2.25. The lowest BCUT2D eigenvalue weighted by Gasteiger charge is -2.25. The van der Waals surface area contributed by atoms with Crippen molar-refractivity contribution in [2.45, 2.75) is 50.7 Å². The molecular weight excluding hydrogens is 434 g/mol. The predicted molar refractivity (Wildman–Crippen MR) is 134 cm³/mol. The summed E-state index contributed by atoms with van der Waals surface area (Å²) in [5, 5.41) is 0. The van der Waals surface area contributed by atoms with Crippen LogP contribution in [0.5, 0.6) is 0 Å². The molecule has 1 saturated heterocycles. The van der Waals surface area contributed by atoms with Crippen LogP contribution in [0.2, 0.25) is 0 Å². The van der Waals surface area contributed by atoms with E-state index in [2.05, 4.69) is 52.6 Å². The molecule has 2 aromatic carbocycles. The first-order valence-corrected chi connectivity index (χ1v) is 13.2. The van der Waals surface area contributed by atoms with Gasteiger partial charge in [0.1, 0.15) is 5.82 Å². The van der Waals surface area contributed by atoms with Gasteiger partial charge in [-0.3, -0.25) is 4.90 Å². The van der Waals surface area contributed by atoms with Crippen LogP contribution in [0.3, 0.4) is 0 Å². The molecule has 1 aliphatic rings. The van der Waals surface area contributed by atoms with Gasteiger partial charge in [0.2, 0.25) is 10.0 Å². The predicted octanol–water partition coefficient (Wildman–Crippen LogP) is 3.93. The van der Waals surface area contributed by atoms with Gasteiger partial charge in [-0.05, 0) is 62.7 Å². The van der Waals surface area contributed by atoms with E-state index in [1.54, 1.807) is 16.4 Å². The fraction of sp³-hybridized carbons (Fsp3) is 0.480. The molecule has 3 aromatic rings. The van der Waals surface area contributed by atoms with Gasteiger partial charge in [-0.2, -0.15) is 4.31 Å². The molecule has 0 amide bonds. The van der Waals surface area contributed by atoms with Crippen LogP contribution in [0.25, 0.3) is 11.0 Å². The summed E-state index contributed by atoms with van der Waals surface area (Å²) in [6.45, 7) is 5.60. The fourth-order valence-electron chi connectivity index (χ4n) is 4.56. The summed E-state index contributed by atoms with van der Waals surface area (Å²) in [6.07, 6.45) is 2.96. The lowest BCUT2D eigenvalue weighted by molar-refractivity contribution is 0.306. The Hall–Kier alpha value is -2.42. The highest BCUT2D eigenvalue weighted by atomic mass is 32.2. The third kappa shape index (κ3) is 5.08. The molecule has 0 unspecified atom stereocenters. The first-order valence-electron chi connectivity index (χ1n) is 11.7. The van der Waals surface area contributed by atoms with Crippen molar-refractivity contribution in [3.8, 4) is 0 Å². The number of hydrogen-bond acceptors (Lipinski definition) is 5. The maximum Gasteiger partial charge on any atom is 0.243 e. The van der Waals surface area contributed by atoms with E-state index in [0.717, 1.165) is 49.2 Å². The first kappa shape index (κ1) is 23.7. The summed E-state index contributed by atoms with van der Waals surface area (Å²) in [5.41, 5.74) is 4.16. The summed E-state index contributed by atoms with van der Waals surface area (Å²) in [5.74, 6) is 0.951. The molecule has 1 aliphatic heterocycles. The van der Waals surface area contributed by atoms with Crippen LogP contribution in [0.4, 0.5) is 5.69 Å². The highest BCUT2D eigenvalue weighted by Gasteiger charge is 2.26. The Balaban J connectivity index is 1.55. The van der Waals surface area contributed by atoms with Crippen LogP contribution in [-0.4, -0.2) is 61.4 Å².